The highest BCUT2D eigenvalue weighted by atomic mass is 16.6. The summed E-state index contributed by atoms with van der Waals surface area (Å²) in [5.74, 6) is -1.78. The van der Waals surface area contributed by atoms with Crippen LogP contribution in [0.4, 0.5) is 4.79 Å². The van der Waals surface area contributed by atoms with E-state index in [1.165, 1.54) is 4.90 Å². The van der Waals surface area contributed by atoms with Gasteiger partial charge in [-0.25, -0.2) is 9.59 Å². The van der Waals surface area contributed by atoms with Crippen LogP contribution in [0.2, 0.25) is 0 Å². The first kappa shape index (κ1) is 16.3. The molecule has 0 radical (unpaired) electrons. The molecule has 3 amide bonds. The lowest BCUT2D eigenvalue weighted by Crippen LogP contribution is -2.45. The van der Waals surface area contributed by atoms with Crippen LogP contribution in [0.5, 0.6) is 0 Å². The van der Waals surface area contributed by atoms with Crippen molar-refractivity contribution in [2.75, 3.05) is 6.54 Å². The zero-order valence-corrected chi connectivity index (χ0v) is 12.9. The van der Waals surface area contributed by atoms with E-state index in [4.69, 9.17) is 9.47 Å². The van der Waals surface area contributed by atoms with Gasteiger partial charge in [0.1, 0.15) is 11.6 Å². The van der Waals surface area contributed by atoms with E-state index in [9.17, 15) is 19.2 Å². The summed E-state index contributed by atoms with van der Waals surface area (Å²) in [6.07, 6.45) is -0.779. The molecule has 1 unspecified atom stereocenters. The molecular weight excluding hydrogens is 292 g/mol. The quantitative estimate of drug-likeness (QED) is 0.583. The minimum Gasteiger partial charge on any atom is -0.450 e. The van der Waals surface area contributed by atoms with Crippen LogP contribution in [-0.4, -0.2) is 53.1 Å². The van der Waals surface area contributed by atoms with Gasteiger partial charge in [0.15, 0.2) is 6.10 Å². The summed E-state index contributed by atoms with van der Waals surface area (Å²) in [5, 5.41) is 2.07. The fourth-order valence-electron chi connectivity index (χ4n) is 2.39. The van der Waals surface area contributed by atoms with Crippen molar-refractivity contribution < 1.29 is 28.7 Å². The lowest BCUT2D eigenvalue weighted by Gasteiger charge is -2.27. The largest absolute Gasteiger partial charge is 0.450 e. The van der Waals surface area contributed by atoms with E-state index in [0.717, 1.165) is 0 Å². The van der Waals surface area contributed by atoms with Crippen LogP contribution in [0.25, 0.3) is 0 Å². The Bertz CT molecular complexity index is 510. The standard InChI is InChI=1S/C14H20N2O6/c1-14(2,3)22-13(20)16-6-4-5-8(16)12(19)21-9-7-10(17)15-11(9)18/h8-9H,4-7H2,1-3H3,(H,15,17,18)/t8-,9?/m0/s1. The van der Waals surface area contributed by atoms with Crippen molar-refractivity contribution in [1.82, 2.24) is 10.2 Å². The summed E-state index contributed by atoms with van der Waals surface area (Å²) in [7, 11) is 0. The third-order valence-electron chi connectivity index (χ3n) is 3.34. The van der Waals surface area contributed by atoms with E-state index in [1.54, 1.807) is 20.8 Å². The van der Waals surface area contributed by atoms with Crippen molar-refractivity contribution in [2.45, 2.75) is 57.8 Å². The van der Waals surface area contributed by atoms with Gasteiger partial charge in [0, 0.05) is 6.54 Å². The highest BCUT2D eigenvalue weighted by Gasteiger charge is 2.41. The third kappa shape index (κ3) is 3.75. The zero-order valence-electron chi connectivity index (χ0n) is 12.9. The highest BCUT2D eigenvalue weighted by Crippen LogP contribution is 2.23. The Kier molecular flexibility index (Phi) is 4.39. The van der Waals surface area contributed by atoms with Crippen molar-refractivity contribution in [1.29, 1.82) is 0 Å². The molecule has 0 aromatic carbocycles. The summed E-state index contributed by atoms with van der Waals surface area (Å²) in [5.41, 5.74) is -0.661. The average molecular weight is 312 g/mol. The van der Waals surface area contributed by atoms with Crippen LogP contribution < -0.4 is 5.32 Å². The van der Waals surface area contributed by atoms with Gasteiger partial charge in [0.2, 0.25) is 5.91 Å². The normalized spacial score (nSPS) is 25.1. The van der Waals surface area contributed by atoms with Gasteiger partial charge in [-0.05, 0) is 33.6 Å². The van der Waals surface area contributed by atoms with E-state index < -0.39 is 41.6 Å². The van der Waals surface area contributed by atoms with E-state index in [0.29, 0.717) is 19.4 Å². The number of imide groups is 1. The molecule has 0 spiro atoms. The van der Waals surface area contributed by atoms with Gasteiger partial charge in [-0.2, -0.15) is 0 Å². The number of carbonyl (C=O) groups is 4. The zero-order chi connectivity index (χ0) is 16.5. The SMILES string of the molecule is CC(C)(C)OC(=O)N1CCC[C@H]1C(=O)OC1CC(=O)NC1=O. The Morgan fingerprint density at radius 2 is 1.95 bits per heavy atom. The summed E-state index contributed by atoms with van der Waals surface area (Å²) < 4.78 is 10.3. The minimum atomic E-state index is -1.11. The monoisotopic (exact) mass is 312 g/mol. The molecule has 2 atom stereocenters. The topological polar surface area (TPSA) is 102 Å². The number of hydrogen-bond donors (Lipinski definition) is 1. The van der Waals surface area contributed by atoms with Crippen LogP contribution in [0.3, 0.4) is 0 Å². The molecule has 0 aliphatic carbocycles. The van der Waals surface area contributed by atoms with Crippen molar-refractivity contribution in [3.8, 4) is 0 Å². The summed E-state index contributed by atoms with van der Waals surface area (Å²) in [6, 6.07) is -0.779. The fraction of sp³-hybridized carbons (Fsp3) is 0.714. The van der Waals surface area contributed by atoms with Crippen molar-refractivity contribution >= 4 is 23.9 Å². The molecule has 0 aromatic heterocycles. The maximum absolute atomic E-state index is 12.2. The molecule has 122 valence electrons. The Balaban J connectivity index is 1.98. The molecule has 1 N–H and O–H groups in total. The minimum absolute atomic E-state index is 0.177. The van der Waals surface area contributed by atoms with Crippen LogP contribution >= 0.6 is 0 Å². The van der Waals surface area contributed by atoms with Gasteiger partial charge in [0.25, 0.3) is 5.91 Å². The number of carbonyl (C=O) groups excluding carboxylic acids is 4. The second-order valence-corrected chi connectivity index (χ2v) is 6.37. The van der Waals surface area contributed by atoms with Gasteiger partial charge in [0.05, 0.1) is 6.42 Å². The van der Waals surface area contributed by atoms with Crippen LogP contribution in [0.1, 0.15) is 40.0 Å². The molecule has 2 aliphatic heterocycles. The first-order valence-corrected chi connectivity index (χ1v) is 7.21. The number of esters is 1. The number of likely N-dealkylation sites (tertiary alicyclic amines) is 1. The number of nitrogens with one attached hydrogen (secondary N) is 1. The van der Waals surface area contributed by atoms with Crippen LogP contribution in [0, 0.1) is 0 Å². The second kappa shape index (κ2) is 5.94. The molecule has 2 saturated heterocycles. The highest BCUT2D eigenvalue weighted by molar-refractivity contribution is 6.05. The molecule has 8 nitrogen and oxygen atoms in total. The third-order valence-corrected chi connectivity index (χ3v) is 3.34. The van der Waals surface area contributed by atoms with Gasteiger partial charge >= 0.3 is 12.1 Å². The molecular formula is C14H20N2O6. The molecule has 0 aromatic rings. The Morgan fingerprint density at radius 3 is 2.50 bits per heavy atom. The number of hydrogen-bond acceptors (Lipinski definition) is 6. The Hall–Kier alpha value is -2.12. The van der Waals surface area contributed by atoms with Crippen molar-refractivity contribution in [3.63, 3.8) is 0 Å². The Morgan fingerprint density at radius 1 is 1.27 bits per heavy atom. The maximum atomic E-state index is 12.2. The number of nitrogens with zero attached hydrogens (tertiary/aromatic N) is 1. The molecule has 22 heavy (non-hydrogen) atoms. The molecule has 8 heteroatoms. The predicted molar refractivity (Wildman–Crippen MR) is 73.6 cm³/mol. The molecule has 0 saturated carbocycles. The Labute approximate surface area is 128 Å². The van der Waals surface area contributed by atoms with Crippen molar-refractivity contribution in [2.24, 2.45) is 0 Å². The first-order valence-electron chi connectivity index (χ1n) is 7.21. The first-order chi connectivity index (χ1) is 10.2. The molecule has 2 rings (SSSR count). The molecule has 2 heterocycles. The van der Waals surface area contributed by atoms with Crippen LogP contribution in [-0.2, 0) is 23.9 Å². The lowest BCUT2D eigenvalue weighted by molar-refractivity contribution is -0.158. The van der Waals surface area contributed by atoms with E-state index >= 15 is 0 Å². The summed E-state index contributed by atoms with van der Waals surface area (Å²) >= 11 is 0. The van der Waals surface area contributed by atoms with Crippen molar-refractivity contribution in [3.05, 3.63) is 0 Å². The fourth-order valence-corrected chi connectivity index (χ4v) is 2.39. The lowest BCUT2D eigenvalue weighted by atomic mass is 10.2. The van der Waals surface area contributed by atoms with Gasteiger partial charge in [-0.15, -0.1) is 0 Å². The van der Waals surface area contributed by atoms with Crippen LogP contribution in [0.15, 0.2) is 0 Å². The average Bonchev–Trinajstić information content (AvgIpc) is 2.94. The molecule has 2 fully saturated rings. The van der Waals surface area contributed by atoms with Gasteiger partial charge in [-0.3, -0.25) is 19.8 Å². The predicted octanol–water partition coefficient (Wildman–Crippen LogP) is 0.344. The van der Waals surface area contributed by atoms with E-state index in [2.05, 4.69) is 5.32 Å². The smallest absolute Gasteiger partial charge is 0.411 e. The number of ether oxygens (including phenoxy) is 2. The maximum Gasteiger partial charge on any atom is 0.411 e. The van der Waals surface area contributed by atoms with E-state index in [-0.39, 0.29) is 6.42 Å². The van der Waals surface area contributed by atoms with E-state index in [1.807, 2.05) is 0 Å². The number of amides is 3. The molecule has 0 bridgehead atoms. The second-order valence-electron chi connectivity index (χ2n) is 6.37. The summed E-state index contributed by atoms with van der Waals surface area (Å²) in [4.78, 5) is 48.1. The van der Waals surface area contributed by atoms with Gasteiger partial charge < -0.3 is 9.47 Å². The summed E-state index contributed by atoms with van der Waals surface area (Å²) in [6.45, 7) is 5.61. The molecule has 2 aliphatic rings. The number of rotatable bonds is 2. The van der Waals surface area contributed by atoms with Gasteiger partial charge in [-0.1, -0.05) is 0 Å².